The Morgan fingerprint density at radius 1 is 1.03 bits per heavy atom. The second kappa shape index (κ2) is 8.67. The number of carbonyl (C=O) groups excluding carboxylic acids is 1. The number of rotatable bonds is 5. The van der Waals surface area contributed by atoms with Gasteiger partial charge < -0.3 is 4.74 Å². The van der Waals surface area contributed by atoms with Crippen LogP contribution in [0.3, 0.4) is 0 Å². The molecule has 0 unspecified atom stereocenters. The SMILES string of the molecule is O=C(N(c1cccc(COc2cc(Cl)ccc2Cl)c1)c1ncccn1)C(F)(F)F. The van der Waals surface area contributed by atoms with Crippen LogP contribution in [0.4, 0.5) is 24.8 Å². The summed E-state index contributed by atoms with van der Waals surface area (Å²) in [5.41, 5.74) is 0.436. The average Bonchev–Trinajstić information content (AvgIpc) is 2.69. The van der Waals surface area contributed by atoms with E-state index in [1.165, 1.54) is 42.7 Å². The van der Waals surface area contributed by atoms with Gasteiger partial charge in [-0.05, 0) is 35.9 Å². The van der Waals surface area contributed by atoms with Crippen LogP contribution in [0.1, 0.15) is 5.56 Å². The maximum Gasteiger partial charge on any atom is 0.472 e. The molecule has 10 heteroatoms. The lowest BCUT2D eigenvalue weighted by molar-refractivity contribution is -0.169. The standard InChI is InChI=1S/C19H12Cl2F3N3O2/c20-13-5-6-15(21)16(10-13)29-11-12-3-1-4-14(9-12)27(17(28)19(22,23)24)18-25-7-2-8-26-18/h1-10H,11H2. The molecule has 0 radical (unpaired) electrons. The van der Waals surface area contributed by atoms with Crippen LogP contribution in [0, 0.1) is 0 Å². The molecule has 0 atom stereocenters. The minimum absolute atomic E-state index is 0.0163. The fraction of sp³-hybridized carbons (Fsp3) is 0.105. The van der Waals surface area contributed by atoms with Crippen molar-refractivity contribution in [3.05, 3.63) is 76.5 Å². The van der Waals surface area contributed by atoms with Crippen LogP contribution < -0.4 is 9.64 Å². The van der Waals surface area contributed by atoms with Crippen LogP contribution in [0.25, 0.3) is 0 Å². The Morgan fingerprint density at radius 2 is 1.76 bits per heavy atom. The molecule has 0 spiro atoms. The molecule has 0 fully saturated rings. The molecule has 0 aliphatic carbocycles. The zero-order valence-electron chi connectivity index (χ0n) is 14.5. The number of alkyl halides is 3. The van der Waals surface area contributed by atoms with Gasteiger partial charge in [-0.15, -0.1) is 0 Å². The number of anilines is 2. The molecule has 0 N–H and O–H groups in total. The molecular weight excluding hydrogens is 430 g/mol. The second-order valence-electron chi connectivity index (χ2n) is 5.72. The van der Waals surface area contributed by atoms with E-state index < -0.39 is 18.0 Å². The number of ether oxygens (including phenoxy) is 1. The summed E-state index contributed by atoms with van der Waals surface area (Å²) in [5.74, 6) is -2.19. The topological polar surface area (TPSA) is 55.3 Å². The van der Waals surface area contributed by atoms with Gasteiger partial charge in [0, 0.05) is 23.5 Å². The number of aromatic nitrogens is 2. The first-order chi connectivity index (χ1) is 13.8. The maximum absolute atomic E-state index is 13.1. The van der Waals surface area contributed by atoms with Gasteiger partial charge in [0.05, 0.1) is 10.7 Å². The Balaban J connectivity index is 1.90. The van der Waals surface area contributed by atoms with Gasteiger partial charge in [-0.1, -0.05) is 35.3 Å². The number of nitrogens with zero attached hydrogens (tertiary/aromatic N) is 3. The summed E-state index contributed by atoms with van der Waals surface area (Å²) in [7, 11) is 0. The van der Waals surface area contributed by atoms with Gasteiger partial charge in [-0.3, -0.25) is 4.79 Å². The molecule has 0 saturated heterocycles. The smallest absolute Gasteiger partial charge is 0.472 e. The molecule has 29 heavy (non-hydrogen) atoms. The molecule has 1 heterocycles. The lowest BCUT2D eigenvalue weighted by Gasteiger charge is -2.22. The summed E-state index contributed by atoms with van der Waals surface area (Å²) >= 11 is 11.9. The van der Waals surface area contributed by atoms with Crippen LogP contribution >= 0.6 is 23.2 Å². The van der Waals surface area contributed by atoms with E-state index in [1.54, 1.807) is 18.2 Å². The van der Waals surface area contributed by atoms with Gasteiger partial charge in [0.2, 0.25) is 5.95 Å². The number of hydrogen-bond acceptors (Lipinski definition) is 4. The highest BCUT2D eigenvalue weighted by Crippen LogP contribution is 2.31. The zero-order valence-corrected chi connectivity index (χ0v) is 16.0. The highest BCUT2D eigenvalue weighted by Gasteiger charge is 2.44. The first-order valence-corrected chi connectivity index (χ1v) is 8.86. The van der Waals surface area contributed by atoms with Gasteiger partial charge in [0.25, 0.3) is 0 Å². The van der Waals surface area contributed by atoms with Gasteiger partial charge >= 0.3 is 12.1 Å². The van der Waals surface area contributed by atoms with Crippen LogP contribution in [0.2, 0.25) is 10.0 Å². The third-order valence-corrected chi connectivity index (χ3v) is 4.20. The summed E-state index contributed by atoms with van der Waals surface area (Å²) in [6, 6.07) is 11.9. The molecule has 150 valence electrons. The Morgan fingerprint density at radius 3 is 2.45 bits per heavy atom. The van der Waals surface area contributed by atoms with Crippen LogP contribution in [-0.2, 0) is 11.4 Å². The molecule has 0 aliphatic rings. The van der Waals surface area contributed by atoms with Crippen LogP contribution in [0.5, 0.6) is 5.75 Å². The van der Waals surface area contributed by atoms with Crippen molar-refractivity contribution in [1.82, 2.24) is 9.97 Å². The third kappa shape index (κ3) is 5.16. The van der Waals surface area contributed by atoms with Crippen molar-refractivity contribution >= 4 is 40.7 Å². The van der Waals surface area contributed by atoms with Gasteiger partial charge in [-0.2, -0.15) is 13.2 Å². The summed E-state index contributed by atoms with van der Waals surface area (Å²) in [6.07, 6.45) is -2.62. The molecule has 0 aliphatic heterocycles. The van der Waals surface area contributed by atoms with Crippen LogP contribution in [0.15, 0.2) is 60.9 Å². The lowest BCUT2D eigenvalue weighted by Crippen LogP contribution is -2.39. The van der Waals surface area contributed by atoms with E-state index in [9.17, 15) is 18.0 Å². The largest absolute Gasteiger partial charge is 0.487 e. The summed E-state index contributed by atoms with van der Waals surface area (Å²) in [4.78, 5) is 19.9. The normalized spacial score (nSPS) is 11.2. The molecule has 1 aromatic heterocycles. The lowest BCUT2D eigenvalue weighted by atomic mass is 10.2. The van der Waals surface area contributed by atoms with E-state index in [0.29, 0.717) is 26.3 Å². The fourth-order valence-electron chi connectivity index (χ4n) is 2.39. The Bertz CT molecular complexity index is 1020. The van der Waals surface area contributed by atoms with Crippen molar-refractivity contribution in [3.63, 3.8) is 0 Å². The highest BCUT2D eigenvalue weighted by atomic mass is 35.5. The van der Waals surface area contributed by atoms with Crippen molar-refractivity contribution in [1.29, 1.82) is 0 Å². The second-order valence-corrected chi connectivity index (χ2v) is 6.56. The van der Waals surface area contributed by atoms with E-state index in [-0.39, 0.29) is 12.3 Å². The van der Waals surface area contributed by atoms with E-state index in [2.05, 4.69) is 9.97 Å². The van der Waals surface area contributed by atoms with Crippen molar-refractivity contribution in [2.24, 2.45) is 0 Å². The number of benzene rings is 2. The Labute approximate surface area is 173 Å². The highest BCUT2D eigenvalue weighted by molar-refractivity contribution is 6.34. The van der Waals surface area contributed by atoms with Crippen LogP contribution in [-0.4, -0.2) is 22.1 Å². The average molecular weight is 442 g/mol. The number of amides is 1. The molecule has 5 nitrogen and oxygen atoms in total. The molecular formula is C19H12Cl2F3N3O2. The summed E-state index contributed by atoms with van der Waals surface area (Å²) in [6.45, 7) is -0.0163. The van der Waals surface area contributed by atoms with E-state index in [0.717, 1.165) is 0 Å². The predicted molar refractivity (Wildman–Crippen MR) is 102 cm³/mol. The monoisotopic (exact) mass is 441 g/mol. The molecule has 3 aromatic rings. The molecule has 1 amide bonds. The van der Waals surface area contributed by atoms with Crippen molar-refractivity contribution in [3.8, 4) is 5.75 Å². The maximum atomic E-state index is 13.1. The summed E-state index contributed by atoms with van der Waals surface area (Å²) in [5, 5.41) is 0.749. The Kier molecular flexibility index (Phi) is 6.24. The predicted octanol–water partition coefficient (Wildman–Crippen LogP) is 5.59. The van der Waals surface area contributed by atoms with Gasteiger partial charge in [0.15, 0.2) is 0 Å². The Hall–Kier alpha value is -2.84. The van der Waals surface area contributed by atoms with Crippen molar-refractivity contribution in [2.45, 2.75) is 12.8 Å². The van der Waals surface area contributed by atoms with E-state index >= 15 is 0 Å². The minimum atomic E-state index is -5.11. The number of halogens is 5. The third-order valence-electron chi connectivity index (χ3n) is 3.65. The van der Waals surface area contributed by atoms with E-state index in [4.69, 9.17) is 27.9 Å². The molecule has 2 aromatic carbocycles. The van der Waals surface area contributed by atoms with Crippen molar-refractivity contribution in [2.75, 3.05) is 4.90 Å². The first kappa shape index (κ1) is 20.9. The fourth-order valence-corrected chi connectivity index (χ4v) is 2.73. The molecule has 0 bridgehead atoms. The van der Waals surface area contributed by atoms with E-state index in [1.807, 2.05) is 0 Å². The molecule has 3 rings (SSSR count). The zero-order chi connectivity index (χ0) is 21.0. The number of carbonyl (C=O) groups is 1. The van der Waals surface area contributed by atoms with Gasteiger partial charge in [0.1, 0.15) is 12.4 Å². The first-order valence-electron chi connectivity index (χ1n) is 8.11. The molecule has 0 saturated carbocycles. The van der Waals surface area contributed by atoms with Crippen molar-refractivity contribution < 1.29 is 22.7 Å². The quantitative estimate of drug-likeness (QED) is 0.517. The summed E-state index contributed by atoms with van der Waals surface area (Å²) < 4.78 is 45.0. The number of hydrogen-bond donors (Lipinski definition) is 0. The van der Waals surface area contributed by atoms with Gasteiger partial charge in [-0.25, -0.2) is 14.9 Å². The minimum Gasteiger partial charge on any atom is -0.487 e.